The fraction of sp³-hybridized carbons (Fsp3) is 0.0833. The smallest absolute Gasteiger partial charge is 0.222 e. The van der Waals surface area contributed by atoms with Crippen molar-refractivity contribution in [1.82, 2.24) is 9.97 Å². The molecule has 1 aromatic carbocycles. The molecular formula is C12H8ClN3. The summed E-state index contributed by atoms with van der Waals surface area (Å²) in [6.45, 7) is 0. The van der Waals surface area contributed by atoms with E-state index in [1.165, 1.54) is 0 Å². The number of hydrogen-bond donors (Lipinski definition) is 0. The van der Waals surface area contributed by atoms with Crippen molar-refractivity contribution in [2.45, 2.75) is 6.42 Å². The van der Waals surface area contributed by atoms with Gasteiger partial charge in [-0.1, -0.05) is 18.2 Å². The summed E-state index contributed by atoms with van der Waals surface area (Å²) in [5.74, 6) is 0. The molecule has 0 spiro atoms. The maximum Gasteiger partial charge on any atom is 0.222 e. The molecular weight excluding hydrogens is 222 g/mol. The van der Waals surface area contributed by atoms with Crippen LogP contribution in [0.4, 0.5) is 0 Å². The lowest BCUT2D eigenvalue weighted by molar-refractivity contribution is 1.02. The molecule has 0 bridgehead atoms. The molecule has 0 aliphatic heterocycles. The highest BCUT2D eigenvalue weighted by atomic mass is 35.5. The summed E-state index contributed by atoms with van der Waals surface area (Å²) in [5, 5.41) is 9.17. The van der Waals surface area contributed by atoms with Crippen LogP contribution >= 0.6 is 11.6 Å². The van der Waals surface area contributed by atoms with Crippen LogP contribution in [0.5, 0.6) is 0 Å². The summed E-state index contributed by atoms with van der Waals surface area (Å²) in [6.07, 6.45) is 2.20. The zero-order valence-corrected chi connectivity index (χ0v) is 9.15. The van der Waals surface area contributed by atoms with Crippen molar-refractivity contribution in [1.29, 1.82) is 5.26 Å². The molecule has 0 radical (unpaired) electrons. The standard InChI is InChI=1S/C12H8ClN3/c13-12-15-6-5-11(16-12)7-9-3-1-2-4-10(9)8-14/h1-6H,7H2. The summed E-state index contributed by atoms with van der Waals surface area (Å²) in [5.41, 5.74) is 2.42. The molecule has 1 heterocycles. The Morgan fingerprint density at radius 3 is 2.81 bits per heavy atom. The van der Waals surface area contributed by atoms with Gasteiger partial charge in [0.15, 0.2) is 0 Å². The van der Waals surface area contributed by atoms with E-state index >= 15 is 0 Å². The largest absolute Gasteiger partial charge is 0.227 e. The zero-order valence-electron chi connectivity index (χ0n) is 8.39. The van der Waals surface area contributed by atoms with Gasteiger partial charge in [-0.15, -0.1) is 0 Å². The van der Waals surface area contributed by atoms with E-state index < -0.39 is 0 Å². The van der Waals surface area contributed by atoms with Gasteiger partial charge in [-0.2, -0.15) is 5.26 Å². The predicted octanol–water partition coefficient (Wildman–Crippen LogP) is 2.59. The second kappa shape index (κ2) is 4.73. The topological polar surface area (TPSA) is 49.6 Å². The van der Waals surface area contributed by atoms with Gasteiger partial charge in [-0.25, -0.2) is 9.97 Å². The molecule has 3 nitrogen and oxygen atoms in total. The Labute approximate surface area is 98.4 Å². The van der Waals surface area contributed by atoms with Crippen molar-refractivity contribution in [2.24, 2.45) is 0 Å². The minimum absolute atomic E-state index is 0.229. The third-order valence-corrected chi connectivity index (χ3v) is 2.38. The van der Waals surface area contributed by atoms with Crippen molar-refractivity contribution in [3.63, 3.8) is 0 Å². The first-order valence-corrected chi connectivity index (χ1v) is 5.13. The molecule has 2 rings (SSSR count). The SMILES string of the molecule is N#Cc1ccccc1Cc1ccnc(Cl)n1. The van der Waals surface area contributed by atoms with Gasteiger partial charge in [0.2, 0.25) is 5.28 Å². The highest BCUT2D eigenvalue weighted by Crippen LogP contribution is 2.12. The van der Waals surface area contributed by atoms with Crippen molar-refractivity contribution in [2.75, 3.05) is 0 Å². The molecule has 0 aliphatic carbocycles. The van der Waals surface area contributed by atoms with Gasteiger partial charge in [0.05, 0.1) is 11.6 Å². The first-order chi connectivity index (χ1) is 7.79. The van der Waals surface area contributed by atoms with Crippen molar-refractivity contribution < 1.29 is 0 Å². The second-order valence-electron chi connectivity index (χ2n) is 3.26. The van der Waals surface area contributed by atoms with E-state index in [9.17, 15) is 0 Å². The first kappa shape index (κ1) is 10.6. The van der Waals surface area contributed by atoms with E-state index in [0.29, 0.717) is 12.0 Å². The summed E-state index contributed by atoms with van der Waals surface area (Å²) < 4.78 is 0. The molecule has 0 saturated heterocycles. The van der Waals surface area contributed by atoms with E-state index in [0.717, 1.165) is 11.3 Å². The van der Waals surface area contributed by atoms with E-state index in [1.54, 1.807) is 18.3 Å². The average Bonchev–Trinajstić information content (AvgIpc) is 2.30. The maximum atomic E-state index is 8.94. The van der Waals surface area contributed by atoms with Gasteiger partial charge in [-0.05, 0) is 29.3 Å². The highest BCUT2D eigenvalue weighted by Gasteiger charge is 2.03. The minimum Gasteiger partial charge on any atom is -0.227 e. The Morgan fingerprint density at radius 2 is 2.06 bits per heavy atom. The fourth-order valence-corrected chi connectivity index (χ4v) is 1.61. The number of hydrogen-bond acceptors (Lipinski definition) is 3. The predicted molar refractivity (Wildman–Crippen MR) is 61.0 cm³/mol. The normalized spacial score (nSPS) is 9.75. The molecule has 0 N–H and O–H groups in total. The Hall–Kier alpha value is -1.92. The van der Waals surface area contributed by atoms with Crippen molar-refractivity contribution >= 4 is 11.6 Å². The molecule has 0 amide bonds. The minimum atomic E-state index is 0.229. The molecule has 1 aromatic heterocycles. The first-order valence-electron chi connectivity index (χ1n) is 4.75. The lowest BCUT2D eigenvalue weighted by Gasteiger charge is -2.02. The number of nitriles is 1. The lowest BCUT2D eigenvalue weighted by atomic mass is 10.0. The third-order valence-electron chi connectivity index (χ3n) is 2.19. The molecule has 0 unspecified atom stereocenters. The molecule has 16 heavy (non-hydrogen) atoms. The van der Waals surface area contributed by atoms with Gasteiger partial charge in [-0.3, -0.25) is 0 Å². The molecule has 0 atom stereocenters. The Kier molecular flexibility index (Phi) is 3.13. The summed E-state index contributed by atoms with van der Waals surface area (Å²) in [4.78, 5) is 7.90. The molecule has 4 heteroatoms. The number of halogens is 1. The van der Waals surface area contributed by atoms with E-state index in [2.05, 4.69) is 16.0 Å². The molecule has 2 aromatic rings. The van der Waals surface area contributed by atoms with Crippen molar-refractivity contribution in [3.05, 3.63) is 58.6 Å². The molecule has 0 aliphatic rings. The molecule has 0 fully saturated rings. The Balaban J connectivity index is 2.31. The second-order valence-corrected chi connectivity index (χ2v) is 3.60. The van der Waals surface area contributed by atoms with Crippen LogP contribution in [0.3, 0.4) is 0 Å². The summed E-state index contributed by atoms with van der Waals surface area (Å²) in [6, 6.07) is 11.4. The van der Waals surface area contributed by atoms with Crippen LogP contribution in [-0.4, -0.2) is 9.97 Å². The van der Waals surface area contributed by atoms with Crippen LogP contribution in [-0.2, 0) is 6.42 Å². The number of rotatable bonds is 2. The number of nitrogens with zero attached hydrogens (tertiary/aromatic N) is 3. The van der Waals surface area contributed by atoms with Crippen LogP contribution in [0.1, 0.15) is 16.8 Å². The van der Waals surface area contributed by atoms with Gasteiger partial charge in [0, 0.05) is 18.3 Å². The average molecular weight is 230 g/mol. The van der Waals surface area contributed by atoms with Gasteiger partial charge in [0.1, 0.15) is 0 Å². The summed E-state index contributed by atoms with van der Waals surface area (Å²) >= 11 is 5.70. The van der Waals surface area contributed by atoms with E-state index in [4.69, 9.17) is 16.9 Å². The fourth-order valence-electron chi connectivity index (χ4n) is 1.45. The van der Waals surface area contributed by atoms with Crippen molar-refractivity contribution in [3.8, 4) is 6.07 Å². The van der Waals surface area contributed by atoms with Crippen LogP contribution in [0.15, 0.2) is 36.5 Å². The van der Waals surface area contributed by atoms with Crippen LogP contribution in [0, 0.1) is 11.3 Å². The summed E-state index contributed by atoms with van der Waals surface area (Å²) in [7, 11) is 0. The molecule has 0 saturated carbocycles. The van der Waals surface area contributed by atoms with Crippen LogP contribution in [0.25, 0.3) is 0 Å². The Morgan fingerprint density at radius 1 is 1.25 bits per heavy atom. The van der Waals surface area contributed by atoms with E-state index in [1.807, 2.05) is 18.2 Å². The number of benzene rings is 1. The lowest BCUT2D eigenvalue weighted by Crippen LogP contribution is -1.96. The Bertz CT molecular complexity index is 546. The quantitative estimate of drug-likeness (QED) is 0.744. The maximum absolute atomic E-state index is 8.94. The number of aromatic nitrogens is 2. The third kappa shape index (κ3) is 2.36. The van der Waals surface area contributed by atoms with Gasteiger partial charge in [0.25, 0.3) is 0 Å². The van der Waals surface area contributed by atoms with Gasteiger partial charge >= 0.3 is 0 Å². The monoisotopic (exact) mass is 229 g/mol. The van der Waals surface area contributed by atoms with Crippen LogP contribution in [0.2, 0.25) is 5.28 Å². The van der Waals surface area contributed by atoms with Crippen LogP contribution < -0.4 is 0 Å². The zero-order chi connectivity index (χ0) is 11.4. The molecule has 78 valence electrons. The van der Waals surface area contributed by atoms with Gasteiger partial charge < -0.3 is 0 Å². The van der Waals surface area contributed by atoms with E-state index in [-0.39, 0.29) is 5.28 Å². The highest BCUT2D eigenvalue weighted by molar-refractivity contribution is 6.28.